The summed E-state index contributed by atoms with van der Waals surface area (Å²) in [5, 5.41) is 7.67. The Balaban J connectivity index is 1.57. The second-order valence-corrected chi connectivity index (χ2v) is 7.58. The first-order valence-corrected chi connectivity index (χ1v) is 9.05. The van der Waals surface area contributed by atoms with E-state index in [0.29, 0.717) is 13.0 Å². The van der Waals surface area contributed by atoms with E-state index in [1.165, 1.54) is 11.1 Å². The van der Waals surface area contributed by atoms with Crippen molar-refractivity contribution in [2.45, 2.75) is 51.2 Å². The summed E-state index contributed by atoms with van der Waals surface area (Å²) < 4.78 is 0. The molecule has 2 aliphatic rings. The molecular formula is C19H26N4O3. The van der Waals surface area contributed by atoms with Crippen LogP contribution in [-0.4, -0.2) is 47.4 Å². The predicted octanol–water partition coefficient (Wildman–Crippen LogP) is 0.928. The highest BCUT2D eigenvalue weighted by molar-refractivity contribution is 5.98. The summed E-state index contributed by atoms with van der Waals surface area (Å²) in [6.07, 6.45) is 1.46. The van der Waals surface area contributed by atoms with E-state index in [1.54, 1.807) is 0 Å². The number of carbonyl (C=O) groups is 3. The number of rotatable bonds is 4. The van der Waals surface area contributed by atoms with Crippen LogP contribution in [0.1, 0.15) is 37.8 Å². The first kappa shape index (κ1) is 18.4. The van der Waals surface area contributed by atoms with Crippen molar-refractivity contribution in [3.8, 4) is 0 Å². The Morgan fingerprint density at radius 2 is 1.96 bits per heavy atom. The summed E-state index contributed by atoms with van der Waals surface area (Å²) in [5.41, 5.74) is 2.51. The van der Waals surface area contributed by atoms with Crippen LogP contribution in [0.3, 0.4) is 0 Å². The zero-order valence-corrected chi connectivity index (χ0v) is 15.3. The van der Waals surface area contributed by atoms with Gasteiger partial charge in [-0.15, -0.1) is 0 Å². The minimum Gasteiger partial charge on any atom is -0.352 e. The van der Waals surface area contributed by atoms with Crippen LogP contribution in [0, 0.1) is 0 Å². The highest BCUT2D eigenvalue weighted by Crippen LogP contribution is 2.25. The lowest BCUT2D eigenvalue weighted by Gasteiger charge is -2.41. The van der Waals surface area contributed by atoms with Gasteiger partial charge in [-0.25, -0.2) is 4.79 Å². The fraction of sp³-hybridized carbons (Fsp3) is 0.526. The fourth-order valence-electron chi connectivity index (χ4n) is 3.48. The van der Waals surface area contributed by atoms with Gasteiger partial charge in [0.25, 0.3) is 0 Å². The van der Waals surface area contributed by atoms with E-state index in [0.717, 1.165) is 19.5 Å². The van der Waals surface area contributed by atoms with Gasteiger partial charge in [0.15, 0.2) is 0 Å². The minimum atomic E-state index is -0.681. The van der Waals surface area contributed by atoms with Crippen molar-refractivity contribution in [3.63, 3.8) is 0 Å². The molecule has 1 aromatic rings. The molecule has 1 atom stereocenters. The number of carbonyl (C=O) groups excluding carboxylic acids is 3. The maximum absolute atomic E-state index is 12.4. The molecule has 0 aliphatic carbocycles. The van der Waals surface area contributed by atoms with Gasteiger partial charge < -0.3 is 10.6 Å². The molecule has 0 aromatic heterocycles. The van der Waals surface area contributed by atoms with E-state index in [2.05, 4.69) is 59.0 Å². The van der Waals surface area contributed by atoms with Crippen LogP contribution in [0.5, 0.6) is 0 Å². The Labute approximate surface area is 153 Å². The van der Waals surface area contributed by atoms with Crippen molar-refractivity contribution < 1.29 is 14.4 Å². The van der Waals surface area contributed by atoms with Gasteiger partial charge >= 0.3 is 6.03 Å². The molecule has 26 heavy (non-hydrogen) atoms. The number of benzene rings is 1. The summed E-state index contributed by atoms with van der Waals surface area (Å²) in [6, 6.07) is 7.16. The molecule has 2 aliphatic heterocycles. The van der Waals surface area contributed by atoms with Crippen molar-refractivity contribution >= 4 is 17.8 Å². The summed E-state index contributed by atoms with van der Waals surface area (Å²) >= 11 is 0. The summed E-state index contributed by atoms with van der Waals surface area (Å²) in [7, 11) is 0. The average molecular weight is 358 g/mol. The van der Waals surface area contributed by atoms with Gasteiger partial charge in [0, 0.05) is 31.6 Å². The molecule has 1 unspecified atom stereocenters. The molecule has 1 aromatic carbocycles. The molecule has 3 N–H and O–H groups in total. The van der Waals surface area contributed by atoms with E-state index in [-0.39, 0.29) is 23.8 Å². The minimum absolute atomic E-state index is 0.156. The number of hydrogen-bond acceptors (Lipinski definition) is 4. The van der Waals surface area contributed by atoms with Crippen LogP contribution in [0.25, 0.3) is 0 Å². The van der Waals surface area contributed by atoms with Gasteiger partial charge in [-0.05, 0) is 37.8 Å². The van der Waals surface area contributed by atoms with Crippen molar-refractivity contribution in [2.75, 3.05) is 13.1 Å². The molecule has 1 fully saturated rings. The van der Waals surface area contributed by atoms with Gasteiger partial charge in [0.05, 0.1) is 0 Å². The Morgan fingerprint density at radius 1 is 1.23 bits per heavy atom. The smallest absolute Gasteiger partial charge is 0.322 e. The lowest BCUT2D eigenvalue weighted by Crippen LogP contribution is -2.56. The molecule has 0 spiro atoms. The summed E-state index contributed by atoms with van der Waals surface area (Å²) in [5.74, 6) is -0.606. The largest absolute Gasteiger partial charge is 0.352 e. The number of hydrogen-bond donors (Lipinski definition) is 3. The first-order chi connectivity index (χ1) is 12.3. The molecule has 3 rings (SSSR count). The number of urea groups is 1. The number of imide groups is 1. The van der Waals surface area contributed by atoms with Crippen LogP contribution in [0.4, 0.5) is 4.79 Å². The Morgan fingerprint density at radius 3 is 2.73 bits per heavy atom. The predicted molar refractivity (Wildman–Crippen MR) is 97.3 cm³/mol. The molecule has 7 nitrogen and oxygen atoms in total. The fourth-order valence-corrected chi connectivity index (χ4v) is 3.48. The zero-order valence-electron chi connectivity index (χ0n) is 15.3. The van der Waals surface area contributed by atoms with Crippen LogP contribution >= 0.6 is 0 Å². The standard InChI is InChI=1S/C19H26N4O3/c1-19(2,23-10-9-13-5-3-4-6-14(13)11-23)12-20-17(25)15-7-8-16(24)22-18(26)21-15/h3-6,15H,7-12H2,1-2H3,(H,20,25)(H2,21,22,24,26). The van der Waals surface area contributed by atoms with E-state index < -0.39 is 12.1 Å². The molecule has 1 saturated heterocycles. The van der Waals surface area contributed by atoms with E-state index in [4.69, 9.17) is 0 Å². The molecule has 140 valence electrons. The summed E-state index contributed by atoms with van der Waals surface area (Å²) in [4.78, 5) is 37.7. The third kappa shape index (κ3) is 4.22. The molecule has 0 radical (unpaired) electrons. The first-order valence-electron chi connectivity index (χ1n) is 9.05. The average Bonchev–Trinajstić information content (AvgIpc) is 2.79. The highest BCUT2D eigenvalue weighted by Gasteiger charge is 2.32. The van der Waals surface area contributed by atoms with Crippen LogP contribution in [-0.2, 0) is 22.6 Å². The molecule has 7 heteroatoms. The van der Waals surface area contributed by atoms with Gasteiger partial charge in [-0.2, -0.15) is 0 Å². The molecule has 0 saturated carbocycles. The molecule has 0 bridgehead atoms. The second kappa shape index (κ2) is 7.45. The Hall–Kier alpha value is -2.41. The third-order valence-electron chi connectivity index (χ3n) is 5.22. The monoisotopic (exact) mass is 358 g/mol. The summed E-state index contributed by atoms with van der Waals surface area (Å²) in [6.45, 7) is 6.49. The van der Waals surface area contributed by atoms with Crippen molar-refractivity contribution in [1.29, 1.82) is 0 Å². The van der Waals surface area contributed by atoms with Gasteiger partial charge in [0.2, 0.25) is 11.8 Å². The van der Waals surface area contributed by atoms with E-state index in [1.807, 2.05) is 0 Å². The van der Waals surface area contributed by atoms with Crippen molar-refractivity contribution in [3.05, 3.63) is 35.4 Å². The maximum atomic E-state index is 12.4. The van der Waals surface area contributed by atoms with E-state index >= 15 is 0 Å². The number of fused-ring (bicyclic) bond motifs is 1. The van der Waals surface area contributed by atoms with Gasteiger partial charge in [0.1, 0.15) is 6.04 Å². The zero-order chi connectivity index (χ0) is 18.7. The lowest BCUT2D eigenvalue weighted by molar-refractivity contribution is -0.123. The van der Waals surface area contributed by atoms with Crippen LogP contribution in [0.2, 0.25) is 0 Å². The van der Waals surface area contributed by atoms with Crippen LogP contribution in [0.15, 0.2) is 24.3 Å². The third-order valence-corrected chi connectivity index (χ3v) is 5.22. The Bertz CT molecular complexity index is 716. The van der Waals surface area contributed by atoms with Crippen molar-refractivity contribution in [2.24, 2.45) is 0 Å². The number of nitrogens with one attached hydrogen (secondary N) is 3. The van der Waals surface area contributed by atoms with Crippen molar-refractivity contribution in [1.82, 2.24) is 20.9 Å². The van der Waals surface area contributed by atoms with Gasteiger partial charge in [-0.1, -0.05) is 24.3 Å². The topological polar surface area (TPSA) is 90.5 Å². The lowest BCUT2D eigenvalue weighted by atomic mass is 9.94. The SMILES string of the molecule is CC(C)(CNC(=O)C1CCC(=O)NC(=O)N1)N1CCc2ccccc2C1. The molecule has 2 heterocycles. The second-order valence-electron chi connectivity index (χ2n) is 7.58. The highest BCUT2D eigenvalue weighted by atomic mass is 16.2. The number of amides is 4. The van der Waals surface area contributed by atoms with Gasteiger partial charge in [-0.3, -0.25) is 19.8 Å². The quantitative estimate of drug-likeness (QED) is 0.747. The Kier molecular flexibility index (Phi) is 5.27. The molecular weight excluding hydrogens is 332 g/mol. The van der Waals surface area contributed by atoms with E-state index in [9.17, 15) is 14.4 Å². The normalized spacial score (nSPS) is 21.2. The molecule has 4 amide bonds. The number of nitrogens with zero attached hydrogens (tertiary/aromatic N) is 1. The maximum Gasteiger partial charge on any atom is 0.322 e. The van der Waals surface area contributed by atoms with Crippen LogP contribution < -0.4 is 16.0 Å².